The number of alkyl halides is 3. The second-order valence-corrected chi connectivity index (χ2v) is 6.05. The Morgan fingerprint density at radius 1 is 1.07 bits per heavy atom. The number of H-pyrrole nitrogens is 1. The first-order valence-electron chi connectivity index (χ1n) is 8.12. The van der Waals surface area contributed by atoms with E-state index in [1.165, 1.54) is 18.3 Å². The summed E-state index contributed by atoms with van der Waals surface area (Å²) in [4.78, 5) is 8.43. The van der Waals surface area contributed by atoms with E-state index in [1.807, 2.05) is 6.92 Å². The molecule has 1 radical (unpaired) electrons. The van der Waals surface area contributed by atoms with Gasteiger partial charge in [0.05, 0.1) is 28.7 Å². The summed E-state index contributed by atoms with van der Waals surface area (Å²) in [7, 11) is 0. The third-order valence-electron chi connectivity index (χ3n) is 4.09. The van der Waals surface area contributed by atoms with E-state index in [1.54, 1.807) is 30.5 Å². The fraction of sp³-hybridized carbons (Fsp3) is 0.105. The minimum absolute atomic E-state index is 0. The Morgan fingerprint density at radius 3 is 2.57 bits per heavy atom. The van der Waals surface area contributed by atoms with Gasteiger partial charge in [-0.15, -0.1) is 0 Å². The van der Waals surface area contributed by atoms with Crippen molar-refractivity contribution in [3.8, 4) is 11.3 Å². The van der Waals surface area contributed by atoms with Gasteiger partial charge in [-0.25, -0.2) is 4.98 Å². The van der Waals surface area contributed by atoms with Gasteiger partial charge in [0.1, 0.15) is 0 Å². The maximum Gasteiger partial charge on any atom is 0.417 e. The van der Waals surface area contributed by atoms with Gasteiger partial charge in [0, 0.05) is 47.5 Å². The van der Waals surface area contributed by atoms with Gasteiger partial charge in [-0.2, -0.15) is 18.3 Å². The molecule has 1 aromatic carbocycles. The van der Waals surface area contributed by atoms with Crippen LogP contribution in [0.4, 0.5) is 24.7 Å². The number of halogens is 3. The fourth-order valence-electron chi connectivity index (χ4n) is 2.89. The zero-order chi connectivity index (χ0) is 19.0. The number of hydrogen-bond acceptors (Lipinski definition) is 4. The largest absolute Gasteiger partial charge is 0.417 e. The van der Waals surface area contributed by atoms with Crippen LogP contribution in [-0.4, -0.2) is 20.2 Å². The Bertz CT molecular complexity index is 1120. The number of aryl methyl sites for hydroxylation is 1. The molecule has 4 aromatic rings. The number of nitrogens with zero attached hydrogens (tertiary/aromatic N) is 3. The van der Waals surface area contributed by atoms with Crippen molar-refractivity contribution >= 4 is 22.4 Å². The van der Waals surface area contributed by atoms with Gasteiger partial charge < -0.3 is 5.32 Å². The van der Waals surface area contributed by atoms with Crippen LogP contribution in [0.2, 0.25) is 0 Å². The van der Waals surface area contributed by atoms with Crippen molar-refractivity contribution in [1.82, 2.24) is 20.2 Å². The Morgan fingerprint density at radius 2 is 1.86 bits per heavy atom. The van der Waals surface area contributed by atoms with Crippen molar-refractivity contribution in [3.63, 3.8) is 0 Å². The van der Waals surface area contributed by atoms with E-state index in [2.05, 4.69) is 25.5 Å². The van der Waals surface area contributed by atoms with Gasteiger partial charge in [-0.3, -0.25) is 10.1 Å². The van der Waals surface area contributed by atoms with E-state index in [0.29, 0.717) is 17.0 Å². The van der Waals surface area contributed by atoms with Crippen molar-refractivity contribution < 1.29 is 31.7 Å². The molecule has 5 nitrogen and oxygen atoms in total. The average Bonchev–Trinajstić information content (AvgIpc) is 3.06. The molecule has 0 saturated heterocycles. The third kappa shape index (κ3) is 3.88. The van der Waals surface area contributed by atoms with Crippen LogP contribution in [0.1, 0.15) is 11.3 Å². The van der Waals surface area contributed by atoms with Gasteiger partial charge in [0.15, 0.2) is 5.82 Å². The third-order valence-corrected chi connectivity index (χ3v) is 4.09. The first kappa shape index (κ1) is 19.9. The molecule has 0 amide bonds. The molecule has 0 aliphatic rings. The van der Waals surface area contributed by atoms with E-state index < -0.39 is 11.7 Å². The molecule has 0 spiro atoms. The number of benzene rings is 1. The molecule has 141 valence electrons. The molecule has 9 heteroatoms. The van der Waals surface area contributed by atoms with Crippen molar-refractivity contribution in [2.24, 2.45) is 0 Å². The molecular weight excluding hydrogens is 406 g/mol. The summed E-state index contributed by atoms with van der Waals surface area (Å²) < 4.78 is 40.3. The molecule has 0 saturated carbocycles. The normalized spacial score (nSPS) is 11.3. The number of aromatic nitrogens is 4. The number of nitrogens with one attached hydrogen (secondary N) is 2. The number of rotatable bonds is 3. The van der Waals surface area contributed by atoms with E-state index in [9.17, 15) is 13.2 Å². The van der Waals surface area contributed by atoms with Crippen LogP contribution in [0.3, 0.4) is 0 Å². The number of hydrogen-bond donors (Lipinski definition) is 2. The number of anilines is 2. The van der Waals surface area contributed by atoms with E-state index >= 15 is 0 Å². The second-order valence-electron chi connectivity index (χ2n) is 6.05. The van der Waals surface area contributed by atoms with Gasteiger partial charge in [-0.1, -0.05) is 18.2 Å². The summed E-state index contributed by atoms with van der Waals surface area (Å²) >= 11 is 0. The Balaban J connectivity index is 0.00000225. The van der Waals surface area contributed by atoms with Gasteiger partial charge in [0.25, 0.3) is 0 Å². The molecule has 0 unspecified atom stereocenters. The standard InChI is InChI=1S/C19H14F3N5.V/c1-11-8-18(27-26-11)25-16-9-15(24-17-10-23-7-6-13(16)17)12-4-2-3-5-14(12)19(20,21)22;/h2-10H,1H3,(H2,24,25,26,27);. The average molecular weight is 420 g/mol. The zero-order valence-electron chi connectivity index (χ0n) is 14.6. The Hall–Kier alpha value is -2.84. The van der Waals surface area contributed by atoms with Crippen molar-refractivity contribution in [1.29, 1.82) is 0 Å². The summed E-state index contributed by atoms with van der Waals surface area (Å²) in [5.41, 5.74) is 1.43. The van der Waals surface area contributed by atoms with Crippen molar-refractivity contribution in [2.45, 2.75) is 13.1 Å². The quantitative estimate of drug-likeness (QED) is 0.485. The van der Waals surface area contributed by atoms with Gasteiger partial charge in [0.2, 0.25) is 0 Å². The molecule has 4 rings (SSSR count). The molecule has 0 aliphatic carbocycles. The molecule has 2 N–H and O–H groups in total. The maximum absolute atomic E-state index is 13.4. The topological polar surface area (TPSA) is 66.5 Å². The molecular formula is C19H14F3N5V. The smallest absolute Gasteiger partial charge is 0.338 e. The van der Waals surface area contributed by atoms with E-state index in [4.69, 9.17) is 0 Å². The molecule has 0 aliphatic heterocycles. The predicted octanol–water partition coefficient (Wildman–Crippen LogP) is 5.09. The van der Waals surface area contributed by atoms with Gasteiger partial charge >= 0.3 is 6.18 Å². The fourth-order valence-corrected chi connectivity index (χ4v) is 2.89. The van der Waals surface area contributed by atoms with Crippen LogP contribution >= 0.6 is 0 Å². The van der Waals surface area contributed by atoms with E-state index in [-0.39, 0.29) is 29.8 Å². The summed E-state index contributed by atoms with van der Waals surface area (Å²) in [6, 6.07) is 10.5. The van der Waals surface area contributed by atoms with Gasteiger partial charge in [-0.05, 0) is 25.1 Å². The molecule has 0 fully saturated rings. The number of fused-ring (bicyclic) bond motifs is 1. The van der Waals surface area contributed by atoms with Crippen LogP contribution in [0.25, 0.3) is 22.2 Å². The Labute approximate surface area is 170 Å². The maximum atomic E-state index is 13.4. The van der Waals surface area contributed by atoms with Crippen molar-refractivity contribution in [2.75, 3.05) is 5.32 Å². The van der Waals surface area contributed by atoms with Crippen LogP contribution in [0.5, 0.6) is 0 Å². The molecule has 28 heavy (non-hydrogen) atoms. The van der Waals surface area contributed by atoms with Crippen molar-refractivity contribution in [3.05, 3.63) is 66.1 Å². The monoisotopic (exact) mass is 420 g/mol. The number of aromatic amines is 1. The van der Waals surface area contributed by atoms with Crippen LogP contribution in [-0.2, 0) is 24.7 Å². The molecule has 0 atom stereocenters. The zero-order valence-corrected chi connectivity index (χ0v) is 16.0. The van der Waals surface area contributed by atoms with Crippen LogP contribution < -0.4 is 5.32 Å². The summed E-state index contributed by atoms with van der Waals surface area (Å²) in [5, 5.41) is 10.8. The molecule has 3 aromatic heterocycles. The SMILES string of the molecule is Cc1cc(Nc2cc(-c3ccccc3C(F)(F)F)nc3cnccc23)n[nH]1.[V]. The summed E-state index contributed by atoms with van der Waals surface area (Å²) in [5.74, 6) is 0.562. The minimum Gasteiger partial charge on any atom is -0.338 e. The van der Waals surface area contributed by atoms with Crippen LogP contribution in [0.15, 0.2) is 54.9 Å². The van der Waals surface area contributed by atoms with E-state index in [0.717, 1.165) is 17.1 Å². The summed E-state index contributed by atoms with van der Waals surface area (Å²) in [6.07, 6.45) is -1.35. The minimum atomic E-state index is -4.48. The first-order valence-corrected chi connectivity index (χ1v) is 8.12. The summed E-state index contributed by atoms with van der Waals surface area (Å²) in [6.45, 7) is 1.86. The second kappa shape index (κ2) is 7.65. The first-order chi connectivity index (χ1) is 12.9. The Kier molecular flexibility index (Phi) is 5.44. The molecule has 3 heterocycles. The van der Waals surface area contributed by atoms with Crippen LogP contribution in [0, 0.1) is 6.92 Å². The molecule has 0 bridgehead atoms. The predicted molar refractivity (Wildman–Crippen MR) is 96.6 cm³/mol. The number of pyridine rings is 2.